The van der Waals surface area contributed by atoms with E-state index in [1.54, 1.807) is 19.1 Å². The van der Waals surface area contributed by atoms with E-state index in [0.29, 0.717) is 10.7 Å². The van der Waals surface area contributed by atoms with Crippen LogP contribution in [0.4, 0.5) is 5.69 Å². The highest BCUT2D eigenvalue weighted by atomic mass is 35.5. The van der Waals surface area contributed by atoms with E-state index in [0.717, 1.165) is 5.56 Å². The minimum atomic E-state index is -0.535. The van der Waals surface area contributed by atoms with Crippen LogP contribution in [0.5, 0.6) is 0 Å². The number of rotatable bonds is 2. The molecular formula is C10H13ClN2O. The third-order valence-electron chi connectivity index (χ3n) is 1.80. The maximum absolute atomic E-state index is 11.3. The Morgan fingerprint density at radius 3 is 2.71 bits per heavy atom. The minimum Gasteiger partial charge on any atom is -0.323 e. The average molecular weight is 213 g/mol. The smallest absolute Gasteiger partial charge is 0.241 e. The molecule has 3 N–H and O–H groups in total. The molecule has 3 nitrogen and oxygen atoms in total. The summed E-state index contributed by atoms with van der Waals surface area (Å²) in [6.45, 7) is 3.56. The molecule has 0 aromatic heterocycles. The number of hydrogen-bond acceptors (Lipinski definition) is 2. The predicted molar refractivity (Wildman–Crippen MR) is 58.5 cm³/mol. The monoisotopic (exact) mass is 212 g/mol. The van der Waals surface area contributed by atoms with Crippen LogP contribution < -0.4 is 11.1 Å². The zero-order chi connectivity index (χ0) is 10.7. The van der Waals surface area contributed by atoms with Crippen LogP contribution in [0.15, 0.2) is 18.2 Å². The first-order chi connectivity index (χ1) is 6.50. The lowest BCUT2D eigenvalue weighted by Gasteiger charge is -2.09. The fourth-order valence-electron chi connectivity index (χ4n) is 0.968. The molecule has 0 saturated heterocycles. The number of anilines is 1. The Bertz CT molecular complexity index is 350. The molecule has 0 spiro atoms. The Morgan fingerprint density at radius 1 is 1.57 bits per heavy atom. The van der Waals surface area contributed by atoms with E-state index in [4.69, 9.17) is 17.3 Å². The summed E-state index contributed by atoms with van der Waals surface area (Å²) in [6.07, 6.45) is 0. The maximum atomic E-state index is 11.3. The number of carbonyl (C=O) groups excluding carboxylic acids is 1. The fraction of sp³-hybridized carbons (Fsp3) is 0.300. The Balaban J connectivity index is 2.82. The van der Waals surface area contributed by atoms with Crippen molar-refractivity contribution < 1.29 is 4.79 Å². The van der Waals surface area contributed by atoms with E-state index in [-0.39, 0.29) is 5.91 Å². The molecule has 14 heavy (non-hydrogen) atoms. The van der Waals surface area contributed by atoms with Crippen LogP contribution >= 0.6 is 11.6 Å². The van der Waals surface area contributed by atoms with Crippen LogP contribution in [0, 0.1) is 6.92 Å². The van der Waals surface area contributed by atoms with Crippen LogP contribution in [-0.4, -0.2) is 11.9 Å². The molecule has 0 fully saturated rings. The van der Waals surface area contributed by atoms with Crippen LogP contribution in [0.1, 0.15) is 12.5 Å². The Hall–Kier alpha value is -1.06. The lowest BCUT2D eigenvalue weighted by Crippen LogP contribution is -2.32. The second-order valence-electron chi connectivity index (χ2n) is 3.26. The summed E-state index contributed by atoms with van der Waals surface area (Å²) >= 11 is 5.92. The fourth-order valence-corrected chi connectivity index (χ4v) is 1.25. The third kappa shape index (κ3) is 2.72. The largest absolute Gasteiger partial charge is 0.323 e. The van der Waals surface area contributed by atoms with E-state index in [1.165, 1.54) is 0 Å². The zero-order valence-corrected chi connectivity index (χ0v) is 8.93. The molecule has 0 aliphatic carbocycles. The third-order valence-corrected chi connectivity index (χ3v) is 2.11. The number of amides is 1. The van der Waals surface area contributed by atoms with E-state index in [1.807, 2.05) is 13.0 Å². The zero-order valence-electron chi connectivity index (χ0n) is 8.17. The number of halogens is 1. The summed E-state index contributed by atoms with van der Waals surface area (Å²) < 4.78 is 0. The molecule has 1 amide bonds. The van der Waals surface area contributed by atoms with E-state index in [2.05, 4.69) is 5.32 Å². The number of nitrogens with two attached hydrogens (primary N) is 1. The van der Waals surface area contributed by atoms with Gasteiger partial charge in [-0.15, -0.1) is 0 Å². The molecule has 1 rings (SSSR count). The van der Waals surface area contributed by atoms with E-state index >= 15 is 0 Å². The van der Waals surface area contributed by atoms with Gasteiger partial charge in [-0.3, -0.25) is 4.79 Å². The second-order valence-corrected chi connectivity index (χ2v) is 3.67. The van der Waals surface area contributed by atoms with Gasteiger partial charge in [-0.25, -0.2) is 0 Å². The molecule has 1 atom stereocenters. The molecule has 0 aliphatic heterocycles. The van der Waals surface area contributed by atoms with Crippen molar-refractivity contribution in [2.75, 3.05) is 5.32 Å². The minimum absolute atomic E-state index is 0.240. The molecule has 0 saturated carbocycles. The van der Waals surface area contributed by atoms with Crippen LogP contribution in [0.3, 0.4) is 0 Å². The highest BCUT2D eigenvalue weighted by molar-refractivity contribution is 6.33. The lowest BCUT2D eigenvalue weighted by atomic mass is 10.2. The number of aryl methyl sites for hydroxylation is 1. The van der Waals surface area contributed by atoms with Crippen molar-refractivity contribution in [1.82, 2.24) is 0 Å². The molecule has 1 aromatic rings. The first kappa shape index (κ1) is 11.0. The highest BCUT2D eigenvalue weighted by Crippen LogP contribution is 2.22. The van der Waals surface area contributed by atoms with Crippen molar-refractivity contribution in [2.24, 2.45) is 5.73 Å². The molecule has 4 heteroatoms. The molecule has 0 radical (unpaired) electrons. The maximum Gasteiger partial charge on any atom is 0.241 e. The van der Waals surface area contributed by atoms with Gasteiger partial charge in [0.2, 0.25) is 5.91 Å². The Labute approximate surface area is 88.2 Å². The second kappa shape index (κ2) is 4.44. The summed E-state index contributed by atoms with van der Waals surface area (Å²) in [5, 5.41) is 3.17. The van der Waals surface area contributed by atoms with Crippen molar-refractivity contribution in [3.8, 4) is 0 Å². The molecule has 76 valence electrons. The van der Waals surface area contributed by atoms with Gasteiger partial charge in [-0.1, -0.05) is 17.7 Å². The topological polar surface area (TPSA) is 55.1 Å². The van der Waals surface area contributed by atoms with Gasteiger partial charge < -0.3 is 11.1 Å². The summed E-state index contributed by atoms with van der Waals surface area (Å²) in [5.74, 6) is -0.240. The first-order valence-corrected chi connectivity index (χ1v) is 4.71. The Kier molecular flexibility index (Phi) is 3.49. The van der Waals surface area contributed by atoms with Crippen molar-refractivity contribution in [1.29, 1.82) is 0 Å². The summed E-state index contributed by atoms with van der Waals surface area (Å²) in [7, 11) is 0. The van der Waals surface area contributed by atoms with Crippen molar-refractivity contribution in [3.05, 3.63) is 28.8 Å². The molecule has 0 aliphatic rings. The standard InChI is InChI=1S/C10H13ClN2O/c1-6-3-4-9(8(11)5-6)13-10(14)7(2)12/h3-5,7H,12H2,1-2H3,(H,13,14)/t7-/m0/s1. The quantitative estimate of drug-likeness (QED) is 0.787. The van der Waals surface area contributed by atoms with Gasteiger partial charge >= 0.3 is 0 Å². The predicted octanol–water partition coefficient (Wildman–Crippen LogP) is 1.93. The number of hydrogen-bond donors (Lipinski definition) is 2. The highest BCUT2D eigenvalue weighted by Gasteiger charge is 2.09. The van der Waals surface area contributed by atoms with Gasteiger partial charge in [0.05, 0.1) is 16.8 Å². The van der Waals surface area contributed by atoms with Crippen LogP contribution in [0.25, 0.3) is 0 Å². The molecule has 0 unspecified atom stereocenters. The molecule has 1 aromatic carbocycles. The molecule has 0 heterocycles. The van der Waals surface area contributed by atoms with Gasteiger partial charge in [-0.2, -0.15) is 0 Å². The normalized spacial score (nSPS) is 12.3. The Morgan fingerprint density at radius 2 is 2.21 bits per heavy atom. The van der Waals surface area contributed by atoms with Gasteiger partial charge in [-0.05, 0) is 31.5 Å². The molecular weight excluding hydrogens is 200 g/mol. The van der Waals surface area contributed by atoms with Gasteiger partial charge in [0, 0.05) is 0 Å². The van der Waals surface area contributed by atoms with Crippen molar-refractivity contribution in [2.45, 2.75) is 19.9 Å². The number of nitrogens with one attached hydrogen (secondary N) is 1. The van der Waals surface area contributed by atoms with E-state index in [9.17, 15) is 4.79 Å². The summed E-state index contributed by atoms with van der Waals surface area (Å²) in [6, 6.07) is 4.89. The lowest BCUT2D eigenvalue weighted by molar-refractivity contribution is -0.117. The number of benzene rings is 1. The summed E-state index contributed by atoms with van der Waals surface area (Å²) in [5.41, 5.74) is 7.06. The van der Waals surface area contributed by atoms with Crippen molar-refractivity contribution in [3.63, 3.8) is 0 Å². The molecule has 0 bridgehead atoms. The van der Waals surface area contributed by atoms with Gasteiger partial charge in [0.1, 0.15) is 0 Å². The van der Waals surface area contributed by atoms with Crippen LogP contribution in [-0.2, 0) is 4.79 Å². The van der Waals surface area contributed by atoms with Gasteiger partial charge in [0.15, 0.2) is 0 Å². The van der Waals surface area contributed by atoms with Gasteiger partial charge in [0.25, 0.3) is 0 Å². The number of carbonyl (C=O) groups is 1. The SMILES string of the molecule is Cc1ccc(NC(=O)[C@H](C)N)c(Cl)c1. The van der Waals surface area contributed by atoms with Crippen LogP contribution in [0.2, 0.25) is 5.02 Å². The first-order valence-electron chi connectivity index (χ1n) is 4.33. The van der Waals surface area contributed by atoms with E-state index < -0.39 is 6.04 Å². The van der Waals surface area contributed by atoms with Crippen molar-refractivity contribution >= 4 is 23.2 Å². The summed E-state index contributed by atoms with van der Waals surface area (Å²) in [4.78, 5) is 11.3. The average Bonchev–Trinajstić information content (AvgIpc) is 2.09.